The van der Waals surface area contributed by atoms with Gasteiger partial charge in [0.25, 0.3) is 0 Å². The maximum absolute atomic E-state index is 13.4. The molecule has 2 heterocycles. The highest BCUT2D eigenvalue weighted by atomic mass is 31.2. The first-order chi connectivity index (χ1) is 20.3. The van der Waals surface area contributed by atoms with Crippen molar-refractivity contribution in [2.75, 3.05) is 25.7 Å². The number of esters is 2. The Labute approximate surface area is 253 Å². The van der Waals surface area contributed by atoms with Gasteiger partial charge in [0.15, 0.2) is 5.65 Å². The highest BCUT2D eigenvalue weighted by molar-refractivity contribution is 7.53. The zero-order chi connectivity index (χ0) is 33.3. The Morgan fingerprint density at radius 3 is 1.89 bits per heavy atom. The number of aromatic nitrogens is 4. The van der Waals surface area contributed by atoms with Crippen LogP contribution < -0.4 is 5.73 Å². The van der Waals surface area contributed by atoms with Gasteiger partial charge in [-0.2, -0.15) is 4.98 Å². The molecule has 0 saturated heterocycles. The summed E-state index contributed by atoms with van der Waals surface area (Å²) in [5.74, 6) is -3.47. The zero-order valence-electron chi connectivity index (χ0n) is 25.3. The first-order valence-corrected chi connectivity index (χ1v) is 14.9. The van der Waals surface area contributed by atoms with Crippen molar-refractivity contribution in [3.05, 3.63) is 24.7 Å². The van der Waals surface area contributed by atoms with Gasteiger partial charge in [-0.25, -0.2) is 19.6 Å². The predicted octanol–water partition coefficient (Wildman–Crippen LogP) is 2.95. The predicted molar refractivity (Wildman–Crippen MR) is 153 cm³/mol. The largest absolute Gasteiger partial charge is 0.478 e. The molecule has 18 heteroatoms. The summed E-state index contributed by atoms with van der Waals surface area (Å²) in [5, 5.41) is 15.6. The Hall–Kier alpha value is -3.92. The Balaban J connectivity index is 0.000000742. The van der Waals surface area contributed by atoms with Crippen molar-refractivity contribution in [2.45, 2.75) is 66.5 Å². The Morgan fingerprint density at radius 1 is 0.955 bits per heavy atom. The molecular weight excluding hydrogens is 605 g/mol. The minimum Gasteiger partial charge on any atom is -0.478 e. The molecule has 3 rings (SSSR count). The summed E-state index contributed by atoms with van der Waals surface area (Å²) in [5.41, 5.74) is 4.64. The molecule has 4 N–H and O–H groups in total. The second-order valence-electron chi connectivity index (χ2n) is 11.7. The zero-order valence-corrected chi connectivity index (χ0v) is 26.2. The number of carbonyl (C=O) groups is 4. The van der Waals surface area contributed by atoms with E-state index in [4.69, 9.17) is 39.2 Å². The number of hydrogen-bond acceptors (Lipinski definition) is 14. The highest BCUT2D eigenvalue weighted by Gasteiger charge is 2.47. The first-order valence-electron chi connectivity index (χ1n) is 13.2. The molecule has 0 atom stereocenters. The number of ether oxygens (including phenoxy) is 3. The van der Waals surface area contributed by atoms with E-state index >= 15 is 0 Å². The lowest BCUT2D eigenvalue weighted by Crippen LogP contribution is -2.26. The van der Waals surface area contributed by atoms with Crippen molar-refractivity contribution in [1.82, 2.24) is 19.5 Å². The van der Waals surface area contributed by atoms with Crippen LogP contribution in [0.25, 0.3) is 11.2 Å². The van der Waals surface area contributed by atoms with E-state index in [1.807, 2.05) is 0 Å². The van der Waals surface area contributed by atoms with Gasteiger partial charge in [0, 0.05) is 12.2 Å². The van der Waals surface area contributed by atoms with Crippen LogP contribution in [0.4, 0.5) is 5.95 Å². The van der Waals surface area contributed by atoms with Crippen LogP contribution in [-0.2, 0) is 53.5 Å². The molecule has 0 bridgehead atoms. The lowest BCUT2D eigenvalue weighted by Gasteiger charge is -2.24. The summed E-state index contributed by atoms with van der Waals surface area (Å²) in [6, 6.07) is 0. The van der Waals surface area contributed by atoms with Crippen molar-refractivity contribution >= 4 is 48.6 Å². The molecule has 1 saturated carbocycles. The SMILES string of the molecule is CC(C)(C)C(=O)OCOP(=O)(COC1(Cn2cnc3cnc(N)nc32)CC1)OCOC(=O)C(C)(C)C.O=C(O)/C=C\C(=O)O. The molecule has 1 aliphatic carbocycles. The Kier molecular flexibility index (Phi) is 12.1. The number of nitrogens with zero attached hydrogens (tertiary/aromatic N) is 4. The molecule has 0 amide bonds. The van der Waals surface area contributed by atoms with Gasteiger partial charge in [0.2, 0.25) is 19.5 Å². The van der Waals surface area contributed by atoms with Crippen molar-refractivity contribution in [1.29, 1.82) is 0 Å². The Bertz CT molecular complexity index is 1370. The molecule has 0 spiro atoms. The molecule has 2 aromatic rings. The third-order valence-corrected chi connectivity index (χ3v) is 7.09. The second kappa shape index (κ2) is 14.7. The molecule has 0 radical (unpaired) electrons. The number of hydrogen-bond donors (Lipinski definition) is 3. The van der Waals surface area contributed by atoms with E-state index < -0.39 is 67.8 Å². The fourth-order valence-electron chi connectivity index (χ4n) is 3.01. The number of aliphatic carboxylic acids is 2. The molecule has 44 heavy (non-hydrogen) atoms. The molecule has 17 nitrogen and oxygen atoms in total. The standard InChI is InChI=1S/C22H34N5O8P.C4H4O4/c1-20(2,3)17(28)31-12-34-36(30,35-13-32-18(29)21(4,5)6)14-33-22(7-8-22)10-27-11-25-15-9-24-19(23)26-16(15)27;5-3(6)1-2-4(7)8/h9,11H,7-8,10,12-14H2,1-6H3,(H2,23,24,26);1-2H,(H,5,6)(H,7,8)/b;2-1-. The van der Waals surface area contributed by atoms with E-state index in [0.717, 1.165) is 0 Å². The van der Waals surface area contributed by atoms with Gasteiger partial charge in [0.05, 0.1) is 35.5 Å². The van der Waals surface area contributed by atoms with Crippen LogP contribution in [0, 0.1) is 10.8 Å². The van der Waals surface area contributed by atoms with Crippen molar-refractivity contribution < 1.29 is 57.2 Å². The summed E-state index contributed by atoms with van der Waals surface area (Å²) < 4.78 is 41.9. The lowest BCUT2D eigenvalue weighted by atomic mass is 9.98. The van der Waals surface area contributed by atoms with Gasteiger partial charge < -0.3 is 34.7 Å². The van der Waals surface area contributed by atoms with Gasteiger partial charge in [-0.15, -0.1) is 0 Å². The third-order valence-electron chi connectivity index (χ3n) is 5.64. The van der Waals surface area contributed by atoms with Gasteiger partial charge in [0.1, 0.15) is 11.9 Å². The monoisotopic (exact) mass is 643 g/mol. The van der Waals surface area contributed by atoms with E-state index in [9.17, 15) is 23.7 Å². The number of carboxylic acids is 2. The van der Waals surface area contributed by atoms with Crippen molar-refractivity contribution in [3.63, 3.8) is 0 Å². The van der Waals surface area contributed by atoms with Crippen LogP contribution in [-0.4, -0.2) is 79.1 Å². The number of fused-ring (bicyclic) bond motifs is 1. The smallest absolute Gasteiger partial charge is 0.361 e. The molecule has 2 aromatic heterocycles. The number of anilines is 1. The van der Waals surface area contributed by atoms with Crippen LogP contribution in [0.5, 0.6) is 0 Å². The lowest BCUT2D eigenvalue weighted by molar-refractivity contribution is -0.162. The number of nitrogen functional groups attached to an aromatic ring is 1. The molecule has 0 aromatic carbocycles. The van der Waals surface area contributed by atoms with Crippen LogP contribution >= 0.6 is 7.60 Å². The van der Waals surface area contributed by atoms with Crippen molar-refractivity contribution in [3.8, 4) is 0 Å². The van der Waals surface area contributed by atoms with Crippen molar-refractivity contribution in [2.24, 2.45) is 10.8 Å². The van der Waals surface area contributed by atoms with Crippen LogP contribution in [0.2, 0.25) is 0 Å². The molecule has 0 aliphatic heterocycles. The molecular formula is C26H38N5O12P. The van der Waals surface area contributed by atoms with Gasteiger partial charge in [-0.3, -0.25) is 23.2 Å². The van der Waals surface area contributed by atoms with Gasteiger partial charge in [-0.05, 0) is 54.4 Å². The summed E-state index contributed by atoms with van der Waals surface area (Å²) in [7, 11) is -3.99. The maximum Gasteiger partial charge on any atom is 0.361 e. The fraction of sp³-hybridized carbons (Fsp3) is 0.577. The summed E-state index contributed by atoms with van der Waals surface area (Å²) >= 11 is 0. The van der Waals surface area contributed by atoms with Gasteiger partial charge in [-0.1, -0.05) is 0 Å². The number of rotatable bonds is 13. The normalized spacial score (nSPS) is 14.5. The van der Waals surface area contributed by atoms with E-state index in [-0.39, 0.29) is 5.95 Å². The minimum absolute atomic E-state index is 0.121. The van der Waals surface area contributed by atoms with Crippen LogP contribution in [0.1, 0.15) is 54.4 Å². The number of imidazole rings is 1. The number of carbonyl (C=O) groups excluding carboxylic acids is 2. The topological polar surface area (TPSA) is 242 Å². The van der Waals surface area contributed by atoms with E-state index in [1.54, 1.807) is 52.4 Å². The third kappa shape index (κ3) is 12.0. The van der Waals surface area contributed by atoms with E-state index in [2.05, 4.69) is 15.0 Å². The summed E-state index contributed by atoms with van der Waals surface area (Å²) in [6.45, 7) is 9.21. The van der Waals surface area contributed by atoms with Gasteiger partial charge >= 0.3 is 31.5 Å². The van der Waals surface area contributed by atoms with Crippen LogP contribution in [0.15, 0.2) is 24.7 Å². The summed E-state index contributed by atoms with van der Waals surface area (Å²) in [4.78, 5) is 55.6. The summed E-state index contributed by atoms with van der Waals surface area (Å²) in [6.07, 6.45) is 5.17. The Morgan fingerprint density at radius 2 is 1.45 bits per heavy atom. The molecule has 1 aliphatic rings. The fourth-order valence-corrected chi connectivity index (χ4v) is 4.09. The second-order valence-corrected chi connectivity index (χ2v) is 13.7. The molecule has 1 fully saturated rings. The highest BCUT2D eigenvalue weighted by Crippen LogP contribution is 2.52. The minimum atomic E-state index is -3.99. The molecule has 244 valence electrons. The van der Waals surface area contributed by atoms with Crippen LogP contribution in [0.3, 0.4) is 0 Å². The van der Waals surface area contributed by atoms with E-state index in [0.29, 0.717) is 42.7 Å². The average Bonchev–Trinajstić information content (AvgIpc) is 3.57. The quantitative estimate of drug-likeness (QED) is 0.123. The van der Waals surface area contributed by atoms with E-state index in [1.165, 1.54) is 6.20 Å². The number of nitrogens with two attached hydrogens (primary N) is 1. The maximum atomic E-state index is 13.4. The molecule has 0 unspecified atom stereocenters. The number of carboxylic acid groups (broad SMARTS) is 2. The first kappa shape index (κ1) is 36.3. The average molecular weight is 644 g/mol.